The number of ether oxygens (including phenoxy) is 12. The van der Waals surface area contributed by atoms with Gasteiger partial charge in [0.15, 0.2) is 6.29 Å². The fourth-order valence-electron chi connectivity index (χ4n) is 15.8. The number of azide groups is 2. The average Bonchev–Trinajstić information content (AvgIpc) is 0.721. The monoisotopic (exact) mass is 1560 g/mol. The van der Waals surface area contributed by atoms with E-state index in [9.17, 15) is 34.9 Å². The molecular formula is C80H101B2N6O19PSi2. The molecule has 0 amide bonds. The third-order valence-corrected chi connectivity index (χ3v) is 33.0. The van der Waals surface area contributed by atoms with E-state index in [-0.39, 0.29) is 46.7 Å². The van der Waals surface area contributed by atoms with Crippen molar-refractivity contribution in [3.8, 4) is 0 Å². The van der Waals surface area contributed by atoms with Gasteiger partial charge < -0.3 is 32.8 Å². The Morgan fingerprint density at radius 3 is 1.34 bits per heavy atom. The standard InChI is InChI=1S/C80H101B2N6O19PSi2/c1-49-62(47-97-109(79(8,9)10,58-36-24-16-25-37-58)59-38-26-17-27-39-59)100-77(67(86-88-84)73(49)108-82-81-93)105-69-51(3)71(104-74(92)57-34-22-15-23-35-57)78(103-63(69)45-94-53(5)89)106-68-50(2)66(85-87-83)76(102-65(68)48-98-110(80(11,12)13,60-40-28-18-29-41-60)61-42-30-19-31-43-61)107-72-64(46-95-54(6)90)101-75(99-55(7)91)52(4)70(72)96-44-56-32-20-14-21-33-56/h14-43,49-52,62-73,75-78,82,108H,44-48H2,1-13H3/t49-,50-,51+,52?,62?,63?,64?,65?,66?,67?,68+,69+,70+,71?,72-,73+,75?,76+,77+,78+/m1/s1. The molecule has 0 spiro atoms. The molecule has 4 heterocycles. The Morgan fingerprint density at radius 1 is 0.464 bits per heavy atom. The second-order valence-electron chi connectivity index (χ2n) is 30.6. The number of carbonyl (C=O) groups is 4. The molecule has 110 heavy (non-hydrogen) atoms. The zero-order valence-corrected chi connectivity index (χ0v) is 67.6. The predicted molar refractivity (Wildman–Crippen MR) is 420 cm³/mol. The molecule has 10 rings (SSSR count). The maximum atomic E-state index is 15.0. The summed E-state index contributed by atoms with van der Waals surface area (Å²) in [6, 6.07) is 55.7. The van der Waals surface area contributed by atoms with Crippen LogP contribution in [0.5, 0.6) is 0 Å². The van der Waals surface area contributed by atoms with Crippen LogP contribution in [0.2, 0.25) is 10.1 Å². The van der Waals surface area contributed by atoms with Gasteiger partial charge in [-0.05, 0) is 44.6 Å². The molecule has 6 aromatic rings. The van der Waals surface area contributed by atoms with E-state index in [1.54, 1.807) is 51.1 Å². The van der Waals surface area contributed by atoms with E-state index in [0.29, 0.717) is 0 Å². The summed E-state index contributed by atoms with van der Waals surface area (Å²) in [6.07, 6.45) is -16.2. The average molecular weight is 1560 g/mol. The number of hydrogen-bond acceptors (Lipinski definition) is 21. The van der Waals surface area contributed by atoms with Crippen LogP contribution in [0.15, 0.2) is 192 Å². The van der Waals surface area contributed by atoms with Crippen molar-refractivity contribution < 1.29 is 89.6 Å². The van der Waals surface area contributed by atoms with E-state index in [1.807, 2.05) is 134 Å². The van der Waals surface area contributed by atoms with Gasteiger partial charge in [-0.1, -0.05) is 149 Å². The van der Waals surface area contributed by atoms with E-state index >= 15 is 0 Å². The summed E-state index contributed by atoms with van der Waals surface area (Å²) in [7, 11) is -5.95. The minimum absolute atomic E-state index is 0.0487. The summed E-state index contributed by atoms with van der Waals surface area (Å²) in [5.74, 6) is -5.75. The molecule has 584 valence electrons. The van der Waals surface area contributed by atoms with Crippen molar-refractivity contribution in [1.82, 2.24) is 0 Å². The molecule has 0 N–H and O–H groups in total. The Balaban J connectivity index is 1.08. The van der Waals surface area contributed by atoms with E-state index in [1.165, 1.54) is 20.8 Å². The molecule has 4 aliphatic heterocycles. The normalized spacial score (nSPS) is 28.6. The van der Waals surface area contributed by atoms with Gasteiger partial charge in [0, 0.05) is 24.7 Å². The molecule has 0 radical (unpaired) electrons. The third kappa shape index (κ3) is 19.8. The number of hydrogen-bond donors (Lipinski definition) is 0. The number of esters is 4. The molecular weight excluding hydrogens is 1460 g/mol. The van der Waals surface area contributed by atoms with E-state index in [0.717, 1.165) is 33.4 Å². The Kier molecular flexibility index (Phi) is 29.7. The van der Waals surface area contributed by atoms with Crippen molar-refractivity contribution >= 4 is 83.6 Å². The van der Waals surface area contributed by atoms with E-state index in [4.69, 9.17) is 65.7 Å². The first-order chi connectivity index (χ1) is 52.7. The zero-order valence-electron chi connectivity index (χ0n) is 64.6. The summed E-state index contributed by atoms with van der Waals surface area (Å²) in [6.45, 7) is 23.2. The fourth-order valence-corrected chi connectivity index (χ4v) is 26.4. The van der Waals surface area contributed by atoms with Crippen LogP contribution in [0.3, 0.4) is 0 Å². The van der Waals surface area contributed by atoms with Gasteiger partial charge >= 0.3 is 320 Å². The fraction of sp³-hybridized carbons (Fsp3) is 0.500. The first-order valence-corrected chi connectivity index (χ1v) is 42.5. The summed E-state index contributed by atoms with van der Waals surface area (Å²) >= 11 is 0. The number of nitrogens with zero attached hydrogens (tertiary/aromatic N) is 6. The van der Waals surface area contributed by atoms with Crippen LogP contribution in [-0.2, 0) is 91.4 Å². The Bertz CT molecular complexity index is 4010. The van der Waals surface area contributed by atoms with Crippen LogP contribution in [-0.4, -0.2) is 179 Å². The van der Waals surface area contributed by atoms with Crippen molar-refractivity contribution in [3.63, 3.8) is 0 Å². The van der Waals surface area contributed by atoms with E-state index < -0.39 is 179 Å². The number of carbonyl (C=O) groups excluding carboxylic acids is 4. The third-order valence-electron chi connectivity index (χ3n) is 21.2. The molecule has 0 aromatic heterocycles. The van der Waals surface area contributed by atoms with Crippen LogP contribution < -0.4 is 20.7 Å². The van der Waals surface area contributed by atoms with Crippen molar-refractivity contribution in [2.45, 2.75) is 205 Å². The van der Waals surface area contributed by atoms with Crippen molar-refractivity contribution in [3.05, 3.63) is 214 Å². The molecule has 4 fully saturated rings. The molecule has 4 saturated heterocycles. The summed E-state index contributed by atoms with van der Waals surface area (Å²) in [4.78, 5) is 60.4. The van der Waals surface area contributed by atoms with Crippen molar-refractivity contribution in [1.29, 1.82) is 0 Å². The predicted octanol–water partition coefficient (Wildman–Crippen LogP) is 11.0. The molecule has 21 atom stereocenters. The van der Waals surface area contributed by atoms with Gasteiger partial charge in [0.2, 0.25) is 6.29 Å². The molecule has 0 bridgehead atoms. The molecule has 0 aliphatic carbocycles. The van der Waals surface area contributed by atoms with Crippen LogP contribution in [0.25, 0.3) is 20.9 Å². The molecule has 10 unspecified atom stereocenters. The van der Waals surface area contributed by atoms with Crippen LogP contribution in [0.1, 0.15) is 106 Å². The quantitative estimate of drug-likeness (QED) is 0.00742. The second-order valence-corrected chi connectivity index (χ2v) is 40.7. The van der Waals surface area contributed by atoms with Crippen LogP contribution in [0, 0.1) is 23.7 Å². The van der Waals surface area contributed by atoms with Crippen LogP contribution >= 0.6 is 8.46 Å². The summed E-state index contributed by atoms with van der Waals surface area (Å²) in [5.41, 5.74) is 21.7. The van der Waals surface area contributed by atoms with Crippen LogP contribution in [0.4, 0.5) is 0 Å². The zero-order chi connectivity index (χ0) is 78.9. The van der Waals surface area contributed by atoms with Crippen molar-refractivity contribution in [2.75, 3.05) is 26.4 Å². The van der Waals surface area contributed by atoms with Gasteiger partial charge in [-0.3, -0.25) is 9.59 Å². The van der Waals surface area contributed by atoms with Gasteiger partial charge in [0.1, 0.15) is 24.9 Å². The van der Waals surface area contributed by atoms with Gasteiger partial charge in [-0.25, -0.2) is 0 Å². The molecule has 0 saturated carbocycles. The molecule has 30 heteroatoms. The minimum atomic E-state index is -3.50. The maximum absolute atomic E-state index is 15.0. The molecule has 4 aliphatic rings. The van der Waals surface area contributed by atoms with Gasteiger partial charge in [0.05, 0.1) is 25.4 Å². The summed E-state index contributed by atoms with van der Waals surface area (Å²) < 4.78 is 109. The topological polar surface area (TPSA) is 312 Å². The Hall–Kier alpha value is -7.79. The van der Waals surface area contributed by atoms with Gasteiger partial charge in [-0.2, -0.15) is 0 Å². The summed E-state index contributed by atoms with van der Waals surface area (Å²) in [5, 5.41) is 11.7. The number of rotatable bonds is 31. The SMILES string of the molecule is CC(=O)OCC1O[C@@H](O[C@@H]2C(CO[Si](c3ccccc3)(c3ccccc3)C(C)(C)C)O[C@@H](O[C@@H]3C(COC(C)=O)OC(OC(C)=O)C(C)[C@@H]3OCc3ccccc3)C(N=[N+]=[N-])[C@H]2C)C(OC(=O)c2ccccc2)[C@@H](C)[C@@H]1O[C@@H]1OC(CO[Si](c2ccccc2)(c2ccccc2)C(C)(C)C)[C@@H](C)[C@H](PBB=O)C1N=[N+]=[N-]. The Labute approximate surface area is 648 Å². The Morgan fingerprint density at radius 2 is 0.864 bits per heavy atom. The molecule has 25 nitrogen and oxygen atoms in total. The van der Waals surface area contributed by atoms with E-state index in [2.05, 4.69) is 85.9 Å². The second kappa shape index (κ2) is 38.6. The van der Waals surface area contributed by atoms with Crippen molar-refractivity contribution in [2.24, 2.45) is 33.9 Å². The number of benzene rings is 6. The molecule has 6 aromatic carbocycles. The first-order valence-electron chi connectivity index (χ1n) is 37.4. The van der Waals surface area contributed by atoms with Gasteiger partial charge in [-0.15, -0.1) is 0 Å². The van der Waals surface area contributed by atoms with Gasteiger partial charge in [0.25, 0.3) is 8.32 Å². The first kappa shape index (κ1) is 84.7.